The van der Waals surface area contributed by atoms with Crippen LogP contribution in [0.4, 0.5) is 0 Å². The zero-order valence-electron chi connectivity index (χ0n) is 13.5. The van der Waals surface area contributed by atoms with Crippen LogP contribution in [0, 0.1) is 17.3 Å². The van der Waals surface area contributed by atoms with E-state index < -0.39 is 5.97 Å². The van der Waals surface area contributed by atoms with E-state index in [9.17, 15) is 9.59 Å². The molecule has 7 heteroatoms. The number of carbonyl (C=O) groups is 2. The SMILES string of the molecule is CC(C)(C)C1CCC2=C(C1)SC1=NC(SCC(=O)O)=NC(=O)C12. The largest absolute Gasteiger partial charge is 0.481 e. The first-order valence-corrected chi connectivity index (χ1v) is 9.51. The maximum atomic E-state index is 12.4. The number of fused-ring (bicyclic) bond motifs is 2. The van der Waals surface area contributed by atoms with Crippen LogP contribution < -0.4 is 0 Å². The van der Waals surface area contributed by atoms with Gasteiger partial charge in [-0.05, 0) is 41.1 Å². The summed E-state index contributed by atoms with van der Waals surface area (Å²) in [5.41, 5.74) is 1.46. The number of allylic oxidation sites excluding steroid dienone is 1. The van der Waals surface area contributed by atoms with Gasteiger partial charge in [-0.3, -0.25) is 9.59 Å². The van der Waals surface area contributed by atoms with Crippen molar-refractivity contribution in [2.45, 2.75) is 40.0 Å². The summed E-state index contributed by atoms with van der Waals surface area (Å²) in [5, 5.41) is 9.82. The summed E-state index contributed by atoms with van der Waals surface area (Å²) >= 11 is 2.61. The first-order chi connectivity index (χ1) is 10.8. The average Bonchev–Trinajstić information content (AvgIpc) is 2.81. The molecular formula is C16H20N2O3S2. The molecule has 2 aliphatic heterocycles. The number of carbonyl (C=O) groups excluding carboxylic acids is 1. The highest BCUT2D eigenvalue weighted by Crippen LogP contribution is 2.52. The van der Waals surface area contributed by atoms with Crippen molar-refractivity contribution in [1.82, 2.24) is 0 Å². The number of aliphatic carboxylic acids is 1. The van der Waals surface area contributed by atoms with Crippen molar-refractivity contribution in [2.75, 3.05) is 5.75 Å². The summed E-state index contributed by atoms with van der Waals surface area (Å²) in [6.45, 7) is 6.80. The zero-order valence-corrected chi connectivity index (χ0v) is 15.1. The molecule has 23 heavy (non-hydrogen) atoms. The van der Waals surface area contributed by atoms with Crippen molar-refractivity contribution < 1.29 is 14.7 Å². The van der Waals surface area contributed by atoms with Crippen LogP contribution in [0.1, 0.15) is 40.0 Å². The van der Waals surface area contributed by atoms with Gasteiger partial charge in [0.05, 0.1) is 10.8 Å². The summed E-state index contributed by atoms with van der Waals surface area (Å²) in [6, 6.07) is 0. The van der Waals surface area contributed by atoms with Crippen molar-refractivity contribution in [3.8, 4) is 0 Å². The summed E-state index contributed by atoms with van der Waals surface area (Å²) in [4.78, 5) is 32.8. The van der Waals surface area contributed by atoms with Crippen molar-refractivity contribution in [3.63, 3.8) is 0 Å². The van der Waals surface area contributed by atoms with E-state index >= 15 is 0 Å². The maximum Gasteiger partial charge on any atom is 0.313 e. The lowest BCUT2D eigenvalue weighted by Crippen LogP contribution is -2.27. The van der Waals surface area contributed by atoms with Crippen LogP contribution in [0.2, 0.25) is 0 Å². The first-order valence-electron chi connectivity index (χ1n) is 7.71. The third-order valence-corrected chi connectivity index (χ3v) is 6.63. The Morgan fingerprint density at radius 2 is 2.13 bits per heavy atom. The molecule has 3 rings (SSSR count). The number of hydrogen-bond acceptors (Lipinski definition) is 5. The summed E-state index contributed by atoms with van der Waals surface area (Å²) in [6.07, 6.45) is 3.04. The quantitative estimate of drug-likeness (QED) is 0.822. The van der Waals surface area contributed by atoms with Gasteiger partial charge >= 0.3 is 5.97 Å². The van der Waals surface area contributed by atoms with Crippen molar-refractivity contribution in [3.05, 3.63) is 10.5 Å². The van der Waals surface area contributed by atoms with Crippen molar-refractivity contribution >= 4 is 45.6 Å². The molecule has 1 N–H and O–H groups in total. The van der Waals surface area contributed by atoms with Gasteiger partial charge < -0.3 is 5.11 Å². The first kappa shape index (κ1) is 16.8. The predicted molar refractivity (Wildman–Crippen MR) is 94.9 cm³/mol. The molecule has 2 unspecified atom stereocenters. The van der Waals surface area contributed by atoms with Gasteiger partial charge in [-0.25, -0.2) is 4.99 Å². The molecule has 0 saturated carbocycles. The standard InChI is InChI=1S/C16H20N2O3S2/c1-16(2,3)8-4-5-9-10(6-8)23-14-12(9)13(21)17-15(18-14)22-7-11(19)20/h8,12H,4-7H2,1-3H3,(H,19,20). The number of amidine groups is 1. The number of rotatable bonds is 2. The van der Waals surface area contributed by atoms with E-state index in [1.165, 1.54) is 10.5 Å². The molecule has 0 aromatic rings. The lowest BCUT2D eigenvalue weighted by molar-refractivity contribution is -0.133. The average molecular weight is 352 g/mol. The third kappa shape index (κ3) is 3.40. The van der Waals surface area contributed by atoms with Crippen molar-refractivity contribution in [1.29, 1.82) is 0 Å². The Hall–Kier alpha value is -1.08. The molecule has 0 aromatic heterocycles. The van der Waals surface area contributed by atoms with E-state index in [0.29, 0.717) is 5.92 Å². The Balaban J connectivity index is 1.78. The van der Waals surface area contributed by atoms with Gasteiger partial charge in [-0.15, -0.1) is 0 Å². The minimum atomic E-state index is -0.933. The van der Waals surface area contributed by atoms with Crippen LogP contribution in [0.15, 0.2) is 20.5 Å². The van der Waals surface area contributed by atoms with Gasteiger partial charge in [0.2, 0.25) is 0 Å². The Kier molecular flexibility index (Phi) is 4.44. The fraction of sp³-hybridized carbons (Fsp3) is 0.625. The van der Waals surface area contributed by atoms with Gasteiger partial charge in [-0.1, -0.05) is 44.3 Å². The molecule has 124 valence electrons. The number of carboxylic acid groups (broad SMARTS) is 1. The third-order valence-electron chi connectivity index (χ3n) is 4.58. The number of aliphatic imine (C=N–C) groups is 2. The van der Waals surface area contributed by atoms with Crippen molar-refractivity contribution in [2.24, 2.45) is 27.2 Å². The number of amides is 1. The highest BCUT2D eigenvalue weighted by Gasteiger charge is 2.43. The molecule has 0 radical (unpaired) electrons. The van der Waals surface area contributed by atoms with Crippen LogP contribution in [-0.2, 0) is 9.59 Å². The lowest BCUT2D eigenvalue weighted by atomic mass is 9.71. The zero-order chi connectivity index (χ0) is 16.8. The minimum absolute atomic E-state index is 0.128. The van der Waals surface area contributed by atoms with E-state index in [4.69, 9.17) is 5.11 Å². The highest BCUT2D eigenvalue weighted by atomic mass is 32.2. The van der Waals surface area contributed by atoms with E-state index in [1.54, 1.807) is 11.8 Å². The molecule has 0 aromatic carbocycles. The molecule has 2 heterocycles. The second-order valence-electron chi connectivity index (χ2n) is 7.15. The molecule has 0 fully saturated rings. The normalized spacial score (nSPS) is 27.3. The topological polar surface area (TPSA) is 79.1 Å². The van der Waals surface area contributed by atoms with Gasteiger partial charge in [0.1, 0.15) is 5.92 Å². The number of carboxylic acids is 1. The van der Waals surface area contributed by atoms with Crippen LogP contribution in [-0.4, -0.2) is 32.9 Å². The fourth-order valence-corrected chi connectivity index (χ4v) is 5.23. The summed E-state index contributed by atoms with van der Waals surface area (Å²) in [7, 11) is 0. The van der Waals surface area contributed by atoms with Gasteiger partial charge in [0.15, 0.2) is 5.17 Å². The van der Waals surface area contributed by atoms with E-state index in [-0.39, 0.29) is 28.2 Å². The lowest BCUT2D eigenvalue weighted by Gasteiger charge is -2.34. The van der Waals surface area contributed by atoms with Crippen LogP contribution in [0.3, 0.4) is 0 Å². The molecular weight excluding hydrogens is 332 g/mol. The Morgan fingerprint density at radius 3 is 2.78 bits per heavy atom. The summed E-state index contributed by atoms with van der Waals surface area (Å²) < 4.78 is 0. The number of thioether (sulfide) groups is 2. The molecule has 2 atom stereocenters. The van der Waals surface area contributed by atoms with E-state index in [2.05, 4.69) is 30.8 Å². The minimum Gasteiger partial charge on any atom is -0.481 e. The van der Waals surface area contributed by atoms with Crippen LogP contribution in [0.25, 0.3) is 0 Å². The predicted octanol–water partition coefficient (Wildman–Crippen LogP) is 3.56. The molecule has 1 aliphatic carbocycles. The molecule has 0 saturated heterocycles. The Morgan fingerprint density at radius 1 is 1.39 bits per heavy atom. The van der Waals surface area contributed by atoms with Crippen LogP contribution in [0.5, 0.6) is 0 Å². The van der Waals surface area contributed by atoms with E-state index in [1.807, 2.05) is 0 Å². The van der Waals surface area contributed by atoms with Crippen LogP contribution >= 0.6 is 23.5 Å². The monoisotopic (exact) mass is 352 g/mol. The molecule has 0 spiro atoms. The fourth-order valence-electron chi connectivity index (χ4n) is 3.22. The Labute approximate surface area is 144 Å². The smallest absolute Gasteiger partial charge is 0.313 e. The summed E-state index contributed by atoms with van der Waals surface area (Å²) in [5.74, 6) is -0.930. The highest BCUT2D eigenvalue weighted by molar-refractivity contribution is 8.18. The van der Waals surface area contributed by atoms with Gasteiger partial charge in [0, 0.05) is 0 Å². The van der Waals surface area contributed by atoms with Gasteiger partial charge in [0.25, 0.3) is 5.91 Å². The molecule has 0 bridgehead atoms. The second-order valence-corrected chi connectivity index (χ2v) is 9.21. The Bertz CT molecular complexity index is 659. The molecule has 3 aliphatic rings. The molecule has 1 amide bonds. The second kappa shape index (κ2) is 6.09. The van der Waals surface area contributed by atoms with Gasteiger partial charge in [-0.2, -0.15) is 4.99 Å². The van der Waals surface area contributed by atoms with E-state index in [0.717, 1.165) is 36.1 Å². The number of hydrogen-bond donors (Lipinski definition) is 1. The number of nitrogens with zero attached hydrogens (tertiary/aromatic N) is 2. The molecule has 5 nitrogen and oxygen atoms in total. The maximum absolute atomic E-state index is 12.4.